The predicted molar refractivity (Wildman–Crippen MR) is 96.1 cm³/mol. The number of carbonyl (C=O) groups is 1. The molecule has 1 aliphatic heterocycles. The molecule has 1 aliphatic rings. The summed E-state index contributed by atoms with van der Waals surface area (Å²) in [4.78, 5) is 12.5. The van der Waals surface area contributed by atoms with Gasteiger partial charge in [0, 0.05) is 16.7 Å². The molecule has 25 heavy (non-hydrogen) atoms. The number of nitrogens with one attached hydrogen (secondary N) is 1. The third-order valence-corrected chi connectivity index (χ3v) is 6.49. The number of amides is 1. The van der Waals surface area contributed by atoms with Crippen molar-refractivity contribution in [3.8, 4) is 0 Å². The second-order valence-corrected chi connectivity index (χ2v) is 8.53. The first-order valence-corrected chi connectivity index (χ1v) is 9.95. The number of benzene rings is 2. The number of anilines is 1. The van der Waals surface area contributed by atoms with Crippen molar-refractivity contribution in [1.29, 1.82) is 0 Å². The third-order valence-electron chi connectivity index (χ3n) is 4.04. The minimum absolute atomic E-state index is 0.0164. The molecule has 1 fully saturated rings. The quantitative estimate of drug-likeness (QED) is 0.814. The van der Waals surface area contributed by atoms with E-state index >= 15 is 0 Å². The Bertz CT molecular complexity index is 870. The summed E-state index contributed by atoms with van der Waals surface area (Å²) < 4.78 is 40.7. The Balaban J connectivity index is 1.80. The molecule has 1 amide bonds. The number of hydrogen-bond acceptors (Lipinski definition) is 3. The maximum absolute atomic E-state index is 13.1. The summed E-state index contributed by atoms with van der Waals surface area (Å²) >= 11 is 3.32. The van der Waals surface area contributed by atoms with Gasteiger partial charge in [-0.05, 0) is 61.4 Å². The summed E-state index contributed by atoms with van der Waals surface area (Å²) in [5.41, 5.74) is 0.597. The van der Waals surface area contributed by atoms with Crippen LogP contribution >= 0.6 is 15.9 Å². The zero-order valence-electron chi connectivity index (χ0n) is 13.2. The number of rotatable bonds is 4. The van der Waals surface area contributed by atoms with Crippen LogP contribution in [0.1, 0.15) is 12.8 Å². The van der Waals surface area contributed by atoms with Crippen molar-refractivity contribution >= 4 is 37.5 Å². The normalized spacial score (nSPS) is 18.2. The molecule has 2 aromatic rings. The summed E-state index contributed by atoms with van der Waals surface area (Å²) in [5, 5.41) is 2.75. The average molecular weight is 427 g/mol. The van der Waals surface area contributed by atoms with Gasteiger partial charge in [0.15, 0.2) is 0 Å². The van der Waals surface area contributed by atoms with Crippen LogP contribution in [-0.4, -0.2) is 31.2 Å². The van der Waals surface area contributed by atoms with E-state index in [1.807, 2.05) is 0 Å². The van der Waals surface area contributed by atoms with E-state index in [4.69, 9.17) is 0 Å². The van der Waals surface area contributed by atoms with E-state index in [0.717, 1.165) is 16.6 Å². The Morgan fingerprint density at radius 1 is 1.12 bits per heavy atom. The molecule has 1 atom stereocenters. The first-order valence-electron chi connectivity index (χ1n) is 7.72. The lowest BCUT2D eigenvalue weighted by Crippen LogP contribution is -2.43. The molecule has 0 saturated carbocycles. The SMILES string of the molecule is O=C(Nc1ccc(Br)cc1)[C@H]1CCCN1S(=O)(=O)c1ccc(F)cc1. The van der Waals surface area contributed by atoms with Crippen LogP contribution in [0.3, 0.4) is 0 Å². The lowest BCUT2D eigenvalue weighted by atomic mass is 10.2. The highest BCUT2D eigenvalue weighted by Crippen LogP contribution is 2.27. The number of carbonyl (C=O) groups excluding carboxylic acids is 1. The van der Waals surface area contributed by atoms with Gasteiger partial charge < -0.3 is 5.32 Å². The monoisotopic (exact) mass is 426 g/mol. The fraction of sp³-hybridized carbons (Fsp3) is 0.235. The average Bonchev–Trinajstić information content (AvgIpc) is 3.08. The van der Waals surface area contributed by atoms with Crippen LogP contribution in [0.5, 0.6) is 0 Å². The van der Waals surface area contributed by atoms with Crippen molar-refractivity contribution in [2.45, 2.75) is 23.8 Å². The molecular formula is C17H16BrFN2O3S. The molecule has 3 rings (SSSR count). The number of hydrogen-bond donors (Lipinski definition) is 1. The summed E-state index contributed by atoms with van der Waals surface area (Å²) in [6.45, 7) is 0.262. The van der Waals surface area contributed by atoms with Gasteiger partial charge in [-0.3, -0.25) is 4.79 Å². The summed E-state index contributed by atoms with van der Waals surface area (Å²) in [7, 11) is -3.85. The smallest absolute Gasteiger partial charge is 0.243 e. The van der Waals surface area contributed by atoms with Gasteiger partial charge >= 0.3 is 0 Å². The Morgan fingerprint density at radius 2 is 1.76 bits per heavy atom. The molecule has 1 heterocycles. The van der Waals surface area contributed by atoms with E-state index in [0.29, 0.717) is 18.5 Å². The molecule has 1 N–H and O–H groups in total. The second-order valence-electron chi connectivity index (χ2n) is 5.72. The number of sulfonamides is 1. The first kappa shape index (κ1) is 18.0. The fourth-order valence-electron chi connectivity index (χ4n) is 2.79. The minimum Gasteiger partial charge on any atom is -0.325 e. The van der Waals surface area contributed by atoms with E-state index in [2.05, 4.69) is 21.2 Å². The van der Waals surface area contributed by atoms with E-state index in [9.17, 15) is 17.6 Å². The van der Waals surface area contributed by atoms with Gasteiger partial charge in [-0.25, -0.2) is 12.8 Å². The van der Waals surface area contributed by atoms with Crippen molar-refractivity contribution in [2.75, 3.05) is 11.9 Å². The van der Waals surface area contributed by atoms with E-state index in [1.165, 1.54) is 16.4 Å². The highest BCUT2D eigenvalue weighted by molar-refractivity contribution is 9.10. The van der Waals surface area contributed by atoms with Crippen LogP contribution < -0.4 is 5.32 Å². The molecular weight excluding hydrogens is 411 g/mol. The van der Waals surface area contributed by atoms with Crippen molar-refractivity contribution in [3.63, 3.8) is 0 Å². The Hall–Kier alpha value is -1.77. The third kappa shape index (κ3) is 3.91. The summed E-state index contributed by atoms with van der Waals surface area (Å²) in [5.74, 6) is -0.879. The van der Waals surface area contributed by atoms with Gasteiger partial charge in [-0.2, -0.15) is 4.31 Å². The number of nitrogens with zero attached hydrogens (tertiary/aromatic N) is 1. The van der Waals surface area contributed by atoms with Gasteiger partial charge in [0.2, 0.25) is 15.9 Å². The molecule has 0 aliphatic carbocycles. The number of halogens is 2. The van der Waals surface area contributed by atoms with E-state index < -0.39 is 21.9 Å². The van der Waals surface area contributed by atoms with Crippen LogP contribution in [0.25, 0.3) is 0 Å². The molecule has 5 nitrogen and oxygen atoms in total. The van der Waals surface area contributed by atoms with Crippen LogP contribution in [0.15, 0.2) is 57.9 Å². The van der Waals surface area contributed by atoms with Gasteiger partial charge in [-0.1, -0.05) is 15.9 Å². The largest absolute Gasteiger partial charge is 0.325 e. The van der Waals surface area contributed by atoms with E-state index in [-0.39, 0.29) is 17.3 Å². The van der Waals surface area contributed by atoms with Crippen molar-refractivity contribution in [1.82, 2.24) is 4.31 Å². The predicted octanol–water partition coefficient (Wildman–Crippen LogP) is 3.38. The first-order chi connectivity index (χ1) is 11.9. The molecule has 132 valence electrons. The standard InChI is InChI=1S/C17H16BrFN2O3S/c18-12-3-7-14(8-4-12)20-17(22)16-2-1-11-21(16)25(23,24)15-9-5-13(19)6-10-15/h3-10,16H,1-2,11H2,(H,20,22)/t16-/m1/s1. The highest BCUT2D eigenvalue weighted by atomic mass is 79.9. The molecule has 0 unspecified atom stereocenters. The molecule has 2 aromatic carbocycles. The highest BCUT2D eigenvalue weighted by Gasteiger charge is 2.39. The lowest BCUT2D eigenvalue weighted by molar-refractivity contribution is -0.119. The van der Waals surface area contributed by atoms with Gasteiger partial charge in [0.1, 0.15) is 11.9 Å². The Kier molecular flexibility index (Phi) is 5.21. The Morgan fingerprint density at radius 3 is 2.40 bits per heavy atom. The molecule has 8 heteroatoms. The maximum Gasteiger partial charge on any atom is 0.243 e. The van der Waals surface area contributed by atoms with Gasteiger partial charge in [0.05, 0.1) is 4.90 Å². The van der Waals surface area contributed by atoms with Crippen molar-refractivity contribution < 1.29 is 17.6 Å². The molecule has 0 bridgehead atoms. The Labute approximate surface area is 154 Å². The molecule has 0 aromatic heterocycles. The van der Waals surface area contributed by atoms with Crippen LogP contribution in [0.4, 0.5) is 10.1 Å². The van der Waals surface area contributed by atoms with Crippen molar-refractivity contribution in [2.24, 2.45) is 0 Å². The molecule has 0 radical (unpaired) electrons. The lowest BCUT2D eigenvalue weighted by Gasteiger charge is -2.23. The maximum atomic E-state index is 13.1. The second kappa shape index (κ2) is 7.23. The van der Waals surface area contributed by atoms with Gasteiger partial charge in [-0.15, -0.1) is 0 Å². The van der Waals surface area contributed by atoms with Gasteiger partial charge in [0.25, 0.3) is 0 Å². The van der Waals surface area contributed by atoms with Crippen LogP contribution in [0.2, 0.25) is 0 Å². The summed E-state index contributed by atoms with van der Waals surface area (Å²) in [6.07, 6.45) is 1.04. The van der Waals surface area contributed by atoms with Crippen molar-refractivity contribution in [3.05, 3.63) is 58.8 Å². The molecule has 1 saturated heterocycles. The zero-order chi connectivity index (χ0) is 18.0. The van der Waals surface area contributed by atoms with Crippen LogP contribution in [0, 0.1) is 5.82 Å². The summed E-state index contributed by atoms with van der Waals surface area (Å²) in [6, 6.07) is 10.9. The van der Waals surface area contributed by atoms with E-state index in [1.54, 1.807) is 24.3 Å². The fourth-order valence-corrected chi connectivity index (χ4v) is 4.71. The topological polar surface area (TPSA) is 66.5 Å². The minimum atomic E-state index is -3.85. The molecule has 0 spiro atoms. The van der Waals surface area contributed by atoms with Crippen LogP contribution in [-0.2, 0) is 14.8 Å². The zero-order valence-corrected chi connectivity index (χ0v) is 15.6.